The standard InChI is InChI=1S/C16H13ClN2S/c1-10(2)19-9-12(11-5-3-4-6-14(11)19)15-7-13(17)16(8-18)20-15/h3-7,9-10H,1-2H3. The Balaban J connectivity index is 2.28. The lowest BCUT2D eigenvalue weighted by molar-refractivity contribution is 0.623. The molecule has 0 aliphatic rings. The van der Waals surface area contributed by atoms with Gasteiger partial charge in [0.15, 0.2) is 0 Å². The lowest BCUT2D eigenvalue weighted by Crippen LogP contribution is -1.97. The minimum Gasteiger partial charge on any atom is -0.344 e. The number of halogens is 1. The van der Waals surface area contributed by atoms with Gasteiger partial charge < -0.3 is 4.57 Å². The number of hydrogen-bond acceptors (Lipinski definition) is 2. The summed E-state index contributed by atoms with van der Waals surface area (Å²) in [6.07, 6.45) is 2.15. The predicted octanol–water partition coefficient (Wildman–Crippen LogP) is 5.48. The normalized spacial score (nSPS) is 11.2. The summed E-state index contributed by atoms with van der Waals surface area (Å²) in [5.41, 5.74) is 2.35. The number of thiophene rings is 1. The van der Waals surface area contributed by atoms with Crippen LogP contribution >= 0.6 is 22.9 Å². The van der Waals surface area contributed by atoms with Crippen molar-refractivity contribution in [3.8, 4) is 16.5 Å². The summed E-state index contributed by atoms with van der Waals surface area (Å²) in [6, 6.07) is 12.7. The fourth-order valence-corrected chi connectivity index (χ4v) is 3.61. The first-order valence-electron chi connectivity index (χ1n) is 6.41. The molecule has 0 spiro atoms. The van der Waals surface area contributed by atoms with E-state index in [0.717, 1.165) is 10.4 Å². The third-order valence-electron chi connectivity index (χ3n) is 3.35. The van der Waals surface area contributed by atoms with Crippen molar-refractivity contribution in [1.29, 1.82) is 5.26 Å². The van der Waals surface area contributed by atoms with Gasteiger partial charge in [0.25, 0.3) is 0 Å². The average Bonchev–Trinajstić information content (AvgIpc) is 2.99. The number of nitriles is 1. The molecule has 0 saturated carbocycles. The van der Waals surface area contributed by atoms with E-state index in [1.165, 1.54) is 22.2 Å². The summed E-state index contributed by atoms with van der Waals surface area (Å²) < 4.78 is 2.25. The van der Waals surface area contributed by atoms with Crippen molar-refractivity contribution in [2.75, 3.05) is 0 Å². The van der Waals surface area contributed by atoms with Crippen molar-refractivity contribution in [2.45, 2.75) is 19.9 Å². The predicted molar refractivity (Wildman–Crippen MR) is 85.4 cm³/mol. The highest BCUT2D eigenvalue weighted by Crippen LogP contribution is 2.39. The molecule has 0 aliphatic heterocycles. The van der Waals surface area contributed by atoms with Crippen LogP contribution in [0.3, 0.4) is 0 Å². The van der Waals surface area contributed by atoms with Gasteiger partial charge in [-0.15, -0.1) is 11.3 Å². The fourth-order valence-electron chi connectivity index (χ4n) is 2.41. The Hall–Kier alpha value is -1.76. The van der Waals surface area contributed by atoms with Crippen LogP contribution in [0.4, 0.5) is 0 Å². The molecule has 0 unspecified atom stereocenters. The highest BCUT2D eigenvalue weighted by molar-refractivity contribution is 7.16. The fraction of sp³-hybridized carbons (Fsp3) is 0.188. The molecular weight excluding hydrogens is 288 g/mol. The number of benzene rings is 1. The van der Waals surface area contributed by atoms with Gasteiger partial charge >= 0.3 is 0 Å². The Labute approximate surface area is 126 Å². The van der Waals surface area contributed by atoms with Crippen LogP contribution in [0, 0.1) is 11.3 Å². The minimum atomic E-state index is 0.388. The summed E-state index contributed by atoms with van der Waals surface area (Å²) in [7, 11) is 0. The van der Waals surface area contributed by atoms with Crippen LogP contribution in [0.2, 0.25) is 5.02 Å². The topological polar surface area (TPSA) is 28.7 Å². The molecule has 2 nitrogen and oxygen atoms in total. The third-order valence-corrected chi connectivity index (χ3v) is 4.83. The molecule has 2 heterocycles. The quantitative estimate of drug-likeness (QED) is 0.616. The zero-order valence-corrected chi connectivity index (χ0v) is 12.8. The number of hydrogen-bond donors (Lipinski definition) is 0. The molecule has 4 heteroatoms. The molecule has 1 aromatic carbocycles. The van der Waals surface area contributed by atoms with E-state index in [0.29, 0.717) is 15.9 Å². The molecule has 0 aliphatic carbocycles. The molecule has 2 aromatic heterocycles. The maximum atomic E-state index is 9.06. The van der Waals surface area contributed by atoms with Crippen LogP contribution in [0.5, 0.6) is 0 Å². The number of para-hydroxylation sites is 1. The van der Waals surface area contributed by atoms with Gasteiger partial charge in [-0.1, -0.05) is 29.8 Å². The van der Waals surface area contributed by atoms with Gasteiger partial charge in [0.05, 0.1) is 5.02 Å². The molecule has 0 fully saturated rings. The zero-order valence-electron chi connectivity index (χ0n) is 11.2. The molecule has 0 atom stereocenters. The Morgan fingerprint density at radius 1 is 1.30 bits per heavy atom. The van der Waals surface area contributed by atoms with Crippen molar-refractivity contribution in [2.24, 2.45) is 0 Å². The van der Waals surface area contributed by atoms with E-state index in [4.69, 9.17) is 16.9 Å². The summed E-state index contributed by atoms with van der Waals surface area (Å²) in [5, 5.41) is 10.8. The molecule has 20 heavy (non-hydrogen) atoms. The van der Waals surface area contributed by atoms with Crippen LogP contribution in [0.15, 0.2) is 36.5 Å². The van der Waals surface area contributed by atoms with E-state index in [1.54, 1.807) is 0 Å². The van der Waals surface area contributed by atoms with Crippen LogP contribution < -0.4 is 0 Å². The summed E-state index contributed by atoms with van der Waals surface area (Å²) in [6.45, 7) is 4.33. The van der Waals surface area contributed by atoms with Crippen LogP contribution in [-0.2, 0) is 0 Å². The molecule has 0 bridgehead atoms. The molecule has 3 aromatic rings. The minimum absolute atomic E-state index is 0.388. The van der Waals surface area contributed by atoms with Crippen molar-refractivity contribution in [3.05, 3.63) is 46.4 Å². The first kappa shape index (κ1) is 13.2. The van der Waals surface area contributed by atoms with Gasteiger partial charge in [-0.3, -0.25) is 0 Å². The van der Waals surface area contributed by atoms with Gasteiger partial charge in [0, 0.05) is 33.6 Å². The number of rotatable bonds is 2. The van der Waals surface area contributed by atoms with E-state index >= 15 is 0 Å². The van der Waals surface area contributed by atoms with E-state index in [2.05, 4.69) is 42.8 Å². The Morgan fingerprint density at radius 2 is 2.05 bits per heavy atom. The average molecular weight is 301 g/mol. The third kappa shape index (κ3) is 2.02. The lowest BCUT2D eigenvalue weighted by atomic mass is 10.1. The monoisotopic (exact) mass is 300 g/mol. The Kier molecular flexibility index (Phi) is 3.29. The SMILES string of the molecule is CC(C)n1cc(-c2cc(Cl)c(C#N)s2)c2ccccc21. The number of fused-ring (bicyclic) bond motifs is 1. The van der Waals surface area contributed by atoms with Crippen LogP contribution in [-0.4, -0.2) is 4.57 Å². The molecule has 0 N–H and O–H groups in total. The maximum Gasteiger partial charge on any atom is 0.124 e. The summed E-state index contributed by atoms with van der Waals surface area (Å²) in [4.78, 5) is 1.62. The summed E-state index contributed by atoms with van der Waals surface area (Å²) >= 11 is 7.54. The van der Waals surface area contributed by atoms with Gasteiger partial charge in [-0.05, 0) is 26.0 Å². The molecule has 0 amide bonds. The summed E-state index contributed by atoms with van der Waals surface area (Å²) in [5.74, 6) is 0. The first-order valence-corrected chi connectivity index (χ1v) is 7.60. The maximum absolute atomic E-state index is 9.06. The Morgan fingerprint density at radius 3 is 2.70 bits per heavy atom. The zero-order chi connectivity index (χ0) is 14.3. The van der Waals surface area contributed by atoms with Gasteiger partial charge in [0.2, 0.25) is 0 Å². The van der Waals surface area contributed by atoms with Crippen LogP contribution in [0.1, 0.15) is 24.8 Å². The van der Waals surface area contributed by atoms with E-state index < -0.39 is 0 Å². The molecular formula is C16H13ClN2S. The largest absolute Gasteiger partial charge is 0.344 e. The van der Waals surface area contributed by atoms with Crippen LogP contribution in [0.25, 0.3) is 21.3 Å². The molecule has 0 saturated heterocycles. The van der Waals surface area contributed by atoms with E-state index in [9.17, 15) is 0 Å². The van der Waals surface area contributed by atoms with Gasteiger partial charge in [-0.2, -0.15) is 5.26 Å². The second-order valence-electron chi connectivity index (χ2n) is 4.96. The van der Waals surface area contributed by atoms with Gasteiger partial charge in [0.1, 0.15) is 10.9 Å². The molecule has 3 rings (SSSR count). The number of aromatic nitrogens is 1. The second-order valence-corrected chi connectivity index (χ2v) is 6.42. The van der Waals surface area contributed by atoms with E-state index in [1.807, 2.05) is 18.2 Å². The van der Waals surface area contributed by atoms with Crippen molar-refractivity contribution in [3.63, 3.8) is 0 Å². The highest BCUT2D eigenvalue weighted by atomic mass is 35.5. The van der Waals surface area contributed by atoms with Crippen molar-refractivity contribution >= 4 is 33.8 Å². The van der Waals surface area contributed by atoms with E-state index in [-0.39, 0.29) is 0 Å². The number of nitrogens with zero attached hydrogens (tertiary/aromatic N) is 2. The van der Waals surface area contributed by atoms with Crippen molar-refractivity contribution < 1.29 is 0 Å². The first-order chi connectivity index (χ1) is 9.61. The van der Waals surface area contributed by atoms with Gasteiger partial charge in [-0.25, -0.2) is 0 Å². The second kappa shape index (κ2) is 4.97. The molecule has 0 radical (unpaired) electrons. The smallest absolute Gasteiger partial charge is 0.124 e. The lowest BCUT2D eigenvalue weighted by Gasteiger charge is -2.08. The Bertz CT molecular complexity index is 821. The van der Waals surface area contributed by atoms with Crippen molar-refractivity contribution in [1.82, 2.24) is 4.57 Å². The highest BCUT2D eigenvalue weighted by Gasteiger charge is 2.15. The molecule has 100 valence electrons.